The lowest BCUT2D eigenvalue weighted by Gasteiger charge is -2.20. The third-order valence-electron chi connectivity index (χ3n) is 3.15. The highest BCUT2D eigenvalue weighted by atomic mass is 32.2. The molecule has 5 nitrogen and oxygen atoms in total. The van der Waals surface area contributed by atoms with Gasteiger partial charge in [-0.25, -0.2) is 12.7 Å². The summed E-state index contributed by atoms with van der Waals surface area (Å²) in [6, 6.07) is 8.25. The third kappa shape index (κ3) is 2.22. The van der Waals surface area contributed by atoms with Crippen LogP contribution < -0.4 is 0 Å². The highest BCUT2D eigenvalue weighted by Crippen LogP contribution is 2.31. The number of hydrogen-bond acceptors (Lipinski definition) is 4. The zero-order valence-corrected chi connectivity index (χ0v) is 11.6. The molecule has 0 spiro atoms. The molecule has 1 amide bonds. The van der Waals surface area contributed by atoms with Crippen molar-refractivity contribution in [3.63, 3.8) is 0 Å². The summed E-state index contributed by atoms with van der Waals surface area (Å²) in [4.78, 5) is 12.1. The fraction of sp³-hybridized carbons (Fsp3) is 0.385. The number of fused-ring (bicyclic) bond motifs is 1. The van der Waals surface area contributed by atoms with Crippen LogP contribution in [0.2, 0.25) is 0 Å². The van der Waals surface area contributed by atoms with Gasteiger partial charge in [0.05, 0.1) is 17.0 Å². The molecular formula is C13H14N2O3S. The van der Waals surface area contributed by atoms with E-state index >= 15 is 0 Å². The summed E-state index contributed by atoms with van der Waals surface area (Å²) < 4.78 is 25.3. The van der Waals surface area contributed by atoms with Crippen molar-refractivity contribution < 1.29 is 13.2 Å². The Morgan fingerprint density at radius 2 is 1.95 bits per heavy atom. The molecule has 0 unspecified atom stereocenters. The monoisotopic (exact) mass is 278 g/mol. The van der Waals surface area contributed by atoms with E-state index in [9.17, 15) is 13.2 Å². The lowest BCUT2D eigenvalue weighted by molar-refractivity contribution is 0.0864. The minimum Gasteiger partial charge on any atom is -0.268 e. The Balaban J connectivity index is 2.32. The molecule has 0 radical (unpaired) electrons. The number of benzene rings is 1. The van der Waals surface area contributed by atoms with E-state index in [1.807, 2.05) is 0 Å². The largest absolute Gasteiger partial charge is 0.269 e. The fourth-order valence-corrected chi connectivity index (χ4v) is 3.46. The van der Waals surface area contributed by atoms with Crippen LogP contribution in [0.5, 0.6) is 0 Å². The number of carbonyl (C=O) groups excluding carboxylic acids is 1. The lowest BCUT2D eigenvalue weighted by Crippen LogP contribution is -2.33. The van der Waals surface area contributed by atoms with E-state index in [-0.39, 0.29) is 17.0 Å². The molecule has 1 aliphatic heterocycles. The Bertz CT molecular complexity index is 671. The SMILES string of the molecule is CC(C)(C#N)CCN1C(=O)c2ccccc2S1(=O)=O. The van der Waals surface area contributed by atoms with Crippen molar-refractivity contribution in [3.8, 4) is 6.07 Å². The van der Waals surface area contributed by atoms with E-state index in [0.29, 0.717) is 6.42 Å². The van der Waals surface area contributed by atoms with Gasteiger partial charge in [-0.2, -0.15) is 5.26 Å². The molecule has 0 aromatic heterocycles. The van der Waals surface area contributed by atoms with Crippen LogP contribution in [-0.2, 0) is 10.0 Å². The molecule has 0 saturated heterocycles. The van der Waals surface area contributed by atoms with E-state index < -0.39 is 21.3 Å². The fourth-order valence-electron chi connectivity index (χ4n) is 1.89. The summed E-state index contributed by atoms with van der Waals surface area (Å²) in [6.45, 7) is 3.46. The quantitative estimate of drug-likeness (QED) is 0.844. The minimum absolute atomic E-state index is 0.0242. The second kappa shape index (κ2) is 4.35. The van der Waals surface area contributed by atoms with E-state index in [4.69, 9.17) is 5.26 Å². The van der Waals surface area contributed by atoms with Crippen molar-refractivity contribution >= 4 is 15.9 Å². The predicted molar refractivity (Wildman–Crippen MR) is 68.7 cm³/mol. The van der Waals surface area contributed by atoms with Crippen LogP contribution in [0, 0.1) is 16.7 Å². The Hall–Kier alpha value is -1.87. The molecule has 0 fully saturated rings. The van der Waals surface area contributed by atoms with Gasteiger partial charge in [-0.3, -0.25) is 4.79 Å². The molecule has 0 aliphatic carbocycles. The maximum absolute atomic E-state index is 12.2. The third-order valence-corrected chi connectivity index (χ3v) is 5.00. The number of nitrogens with zero attached hydrogens (tertiary/aromatic N) is 2. The first kappa shape index (κ1) is 13.6. The van der Waals surface area contributed by atoms with Crippen molar-refractivity contribution in [1.82, 2.24) is 4.31 Å². The number of carbonyl (C=O) groups is 1. The van der Waals surface area contributed by atoms with Gasteiger partial charge in [0.15, 0.2) is 0 Å². The van der Waals surface area contributed by atoms with Crippen LogP contribution in [0.25, 0.3) is 0 Å². The van der Waals surface area contributed by atoms with Crippen molar-refractivity contribution in [2.24, 2.45) is 5.41 Å². The Morgan fingerprint density at radius 3 is 2.53 bits per heavy atom. The lowest BCUT2D eigenvalue weighted by atomic mass is 9.91. The van der Waals surface area contributed by atoms with Crippen LogP contribution in [0.1, 0.15) is 30.6 Å². The van der Waals surface area contributed by atoms with Gasteiger partial charge in [-0.1, -0.05) is 12.1 Å². The Morgan fingerprint density at radius 1 is 1.32 bits per heavy atom. The van der Waals surface area contributed by atoms with Crippen LogP contribution in [0.4, 0.5) is 0 Å². The first-order chi connectivity index (χ1) is 8.79. The second-order valence-corrected chi connectivity index (χ2v) is 6.95. The van der Waals surface area contributed by atoms with Crippen molar-refractivity contribution in [2.45, 2.75) is 25.2 Å². The zero-order valence-electron chi connectivity index (χ0n) is 10.8. The van der Waals surface area contributed by atoms with E-state index in [1.54, 1.807) is 26.0 Å². The summed E-state index contributed by atoms with van der Waals surface area (Å²) in [5, 5.41) is 8.93. The highest BCUT2D eigenvalue weighted by Gasteiger charge is 2.41. The number of rotatable bonds is 3. The van der Waals surface area contributed by atoms with E-state index in [2.05, 4.69) is 6.07 Å². The summed E-state index contributed by atoms with van der Waals surface area (Å²) in [6.07, 6.45) is 0.308. The maximum atomic E-state index is 12.2. The molecule has 0 atom stereocenters. The van der Waals surface area contributed by atoms with Crippen molar-refractivity contribution in [2.75, 3.05) is 6.54 Å². The van der Waals surface area contributed by atoms with Gasteiger partial charge in [0.25, 0.3) is 15.9 Å². The molecule has 1 aromatic carbocycles. The first-order valence-corrected chi connectivity index (χ1v) is 7.31. The average Bonchev–Trinajstić information content (AvgIpc) is 2.56. The molecule has 2 rings (SSSR count). The van der Waals surface area contributed by atoms with Crippen LogP contribution >= 0.6 is 0 Å². The van der Waals surface area contributed by atoms with Gasteiger partial charge < -0.3 is 0 Å². The van der Waals surface area contributed by atoms with Crippen LogP contribution in [0.3, 0.4) is 0 Å². The molecule has 1 aromatic rings. The topological polar surface area (TPSA) is 78.2 Å². The molecule has 1 aliphatic rings. The van der Waals surface area contributed by atoms with Gasteiger partial charge in [0.2, 0.25) is 0 Å². The summed E-state index contributed by atoms with van der Waals surface area (Å²) >= 11 is 0. The van der Waals surface area contributed by atoms with Gasteiger partial charge in [0.1, 0.15) is 4.90 Å². The molecule has 100 valence electrons. The summed E-state index contributed by atoms with van der Waals surface area (Å²) in [5.41, 5.74) is -0.456. The number of nitriles is 1. The Kier molecular flexibility index (Phi) is 3.11. The summed E-state index contributed by atoms with van der Waals surface area (Å²) in [5.74, 6) is -0.510. The van der Waals surface area contributed by atoms with Gasteiger partial charge in [-0.15, -0.1) is 0 Å². The minimum atomic E-state index is -3.75. The number of amides is 1. The van der Waals surface area contributed by atoms with Gasteiger partial charge in [-0.05, 0) is 32.4 Å². The predicted octanol–water partition coefficient (Wildman–Crippen LogP) is 1.77. The zero-order chi connectivity index (χ0) is 14.3. The van der Waals surface area contributed by atoms with E-state index in [0.717, 1.165) is 4.31 Å². The molecule has 19 heavy (non-hydrogen) atoms. The van der Waals surface area contributed by atoms with Crippen molar-refractivity contribution in [3.05, 3.63) is 29.8 Å². The smallest absolute Gasteiger partial charge is 0.268 e. The van der Waals surface area contributed by atoms with E-state index in [1.165, 1.54) is 12.1 Å². The normalized spacial score (nSPS) is 17.1. The summed E-state index contributed by atoms with van der Waals surface area (Å²) in [7, 11) is -3.75. The molecule has 0 saturated carbocycles. The number of sulfonamides is 1. The molecule has 0 bridgehead atoms. The number of hydrogen-bond donors (Lipinski definition) is 0. The standard InChI is InChI=1S/C13H14N2O3S/c1-13(2,9-14)7-8-15-12(16)10-5-3-4-6-11(10)19(15,17)18/h3-6H,7-8H2,1-2H3. The maximum Gasteiger partial charge on any atom is 0.269 e. The molecule has 1 heterocycles. The molecule has 0 N–H and O–H groups in total. The average molecular weight is 278 g/mol. The van der Waals surface area contributed by atoms with Gasteiger partial charge >= 0.3 is 0 Å². The van der Waals surface area contributed by atoms with Crippen LogP contribution in [0.15, 0.2) is 29.2 Å². The second-order valence-electron chi connectivity index (χ2n) is 5.12. The Labute approximate surface area is 112 Å². The highest BCUT2D eigenvalue weighted by molar-refractivity contribution is 7.90. The molecule has 6 heteroatoms. The van der Waals surface area contributed by atoms with Crippen molar-refractivity contribution in [1.29, 1.82) is 5.26 Å². The van der Waals surface area contributed by atoms with Crippen LogP contribution in [-0.4, -0.2) is 25.2 Å². The van der Waals surface area contributed by atoms with Gasteiger partial charge in [0, 0.05) is 6.54 Å². The molecular weight excluding hydrogens is 264 g/mol. The first-order valence-electron chi connectivity index (χ1n) is 5.87.